The zero-order chi connectivity index (χ0) is 21.9. The molecule has 0 atom stereocenters. The highest BCUT2D eigenvalue weighted by Gasteiger charge is 2.13. The van der Waals surface area contributed by atoms with Gasteiger partial charge >= 0.3 is 5.97 Å². The summed E-state index contributed by atoms with van der Waals surface area (Å²) in [6.07, 6.45) is 3.37. The van der Waals surface area contributed by atoms with Gasteiger partial charge in [0.1, 0.15) is 0 Å². The predicted octanol–water partition coefficient (Wildman–Crippen LogP) is 4.20. The molecular formula is C23H26N2O5. The Morgan fingerprint density at radius 2 is 1.60 bits per heavy atom. The summed E-state index contributed by atoms with van der Waals surface area (Å²) in [4.78, 5) is 47.4. The summed E-state index contributed by atoms with van der Waals surface area (Å²) in [5.41, 5.74) is 1.68. The highest BCUT2D eigenvalue weighted by Crippen LogP contribution is 2.14. The maximum absolute atomic E-state index is 12.3. The van der Waals surface area contributed by atoms with E-state index in [1.807, 2.05) is 0 Å². The normalized spacial score (nSPS) is 10.2. The second-order valence-corrected chi connectivity index (χ2v) is 6.84. The molecule has 2 N–H and O–H groups in total. The number of rotatable bonds is 10. The Kier molecular flexibility index (Phi) is 8.75. The van der Waals surface area contributed by atoms with Crippen LogP contribution in [0.3, 0.4) is 0 Å². The second kappa shape index (κ2) is 11.5. The fourth-order valence-electron chi connectivity index (χ4n) is 2.72. The van der Waals surface area contributed by atoms with E-state index in [1.54, 1.807) is 36.4 Å². The lowest BCUT2D eigenvalue weighted by molar-refractivity contribution is -0.116. The lowest BCUT2D eigenvalue weighted by Crippen LogP contribution is -2.15. The van der Waals surface area contributed by atoms with E-state index < -0.39 is 12.6 Å². The van der Waals surface area contributed by atoms with Crippen molar-refractivity contribution in [3.05, 3.63) is 59.7 Å². The number of anilines is 2. The molecule has 30 heavy (non-hydrogen) atoms. The summed E-state index contributed by atoms with van der Waals surface area (Å²) < 4.78 is 5.08. The lowest BCUT2D eigenvalue weighted by Gasteiger charge is -2.08. The molecule has 0 heterocycles. The molecule has 7 heteroatoms. The lowest BCUT2D eigenvalue weighted by atomic mass is 10.1. The average Bonchev–Trinajstić information content (AvgIpc) is 2.72. The fraction of sp³-hybridized carbons (Fsp3) is 0.304. The van der Waals surface area contributed by atoms with E-state index in [1.165, 1.54) is 19.1 Å². The van der Waals surface area contributed by atoms with E-state index in [0.717, 1.165) is 19.3 Å². The number of ether oxygens (including phenoxy) is 1. The topological polar surface area (TPSA) is 102 Å². The molecule has 0 bridgehead atoms. The number of Topliss-reactive ketones (excluding diaryl/α,β-unsaturated/α-hetero) is 1. The summed E-state index contributed by atoms with van der Waals surface area (Å²) in [7, 11) is 0. The average molecular weight is 410 g/mol. The first-order chi connectivity index (χ1) is 14.4. The van der Waals surface area contributed by atoms with Gasteiger partial charge in [-0.2, -0.15) is 0 Å². The Bertz CT molecular complexity index is 906. The smallest absolute Gasteiger partial charge is 0.338 e. The summed E-state index contributed by atoms with van der Waals surface area (Å²) in [6, 6.07) is 12.7. The summed E-state index contributed by atoms with van der Waals surface area (Å²) in [5, 5.41) is 5.37. The first kappa shape index (κ1) is 22.8. The Labute approximate surface area is 175 Å². The standard InChI is InChI=1S/C23H26N2O5/c1-3-4-5-9-22(28)25-19-12-10-17(11-13-19)21(27)15-30-23(29)18-7-6-8-20(14-18)24-16(2)26/h6-8,10-14H,3-5,9,15H2,1-2H3,(H,24,26)(H,25,28). The first-order valence-corrected chi connectivity index (χ1v) is 9.87. The van der Waals surface area contributed by atoms with Gasteiger partial charge in [-0.3, -0.25) is 14.4 Å². The Morgan fingerprint density at radius 1 is 0.867 bits per heavy atom. The minimum atomic E-state index is -0.661. The fourth-order valence-corrected chi connectivity index (χ4v) is 2.72. The number of ketones is 1. The third kappa shape index (κ3) is 7.50. The van der Waals surface area contributed by atoms with Crippen LogP contribution in [0.5, 0.6) is 0 Å². The van der Waals surface area contributed by atoms with Crippen molar-refractivity contribution >= 4 is 34.9 Å². The van der Waals surface area contributed by atoms with Crippen LogP contribution in [0.4, 0.5) is 11.4 Å². The Hall–Kier alpha value is -3.48. The van der Waals surface area contributed by atoms with E-state index in [0.29, 0.717) is 23.4 Å². The molecule has 0 aliphatic carbocycles. The van der Waals surface area contributed by atoms with Gasteiger partial charge in [0.15, 0.2) is 12.4 Å². The second-order valence-electron chi connectivity index (χ2n) is 6.84. The van der Waals surface area contributed by atoms with Gasteiger partial charge in [-0.05, 0) is 48.9 Å². The van der Waals surface area contributed by atoms with Crippen molar-refractivity contribution in [3.8, 4) is 0 Å². The molecule has 0 aliphatic heterocycles. The van der Waals surface area contributed by atoms with Crippen LogP contribution < -0.4 is 10.6 Å². The van der Waals surface area contributed by atoms with Crippen molar-refractivity contribution in [2.45, 2.75) is 39.5 Å². The number of esters is 1. The molecule has 0 spiro atoms. The van der Waals surface area contributed by atoms with Gasteiger partial charge in [0, 0.05) is 30.3 Å². The Morgan fingerprint density at radius 3 is 2.27 bits per heavy atom. The molecular weight excluding hydrogens is 384 g/mol. The third-order valence-corrected chi connectivity index (χ3v) is 4.25. The number of carbonyl (C=O) groups is 4. The van der Waals surface area contributed by atoms with Crippen LogP contribution in [0.25, 0.3) is 0 Å². The maximum atomic E-state index is 12.3. The maximum Gasteiger partial charge on any atom is 0.338 e. The predicted molar refractivity (Wildman–Crippen MR) is 115 cm³/mol. The van der Waals surface area contributed by atoms with E-state index in [9.17, 15) is 19.2 Å². The molecule has 7 nitrogen and oxygen atoms in total. The van der Waals surface area contributed by atoms with E-state index in [2.05, 4.69) is 17.6 Å². The molecule has 0 aromatic heterocycles. The van der Waals surface area contributed by atoms with Crippen molar-refractivity contribution in [1.29, 1.82) is 0 Å². The van der Waals surface area contributed by atoms with Crippen LogP contribution in [-0.4, -0.2) is 30.2 Å². The van der Waals surface area contributed by atoms with Crippen LogP contribution in [0.1, 0.15) is 60.2 Å². The number of nitrogens with one attached hydrogen (secondary N) is 2. The SMILES string of the molecule is CCCCCC(=O)Nc1ccc(C(=O)COC(=O)c2cccc(NC(C)=O)c2)cc1. The van der Waals surface area contributed by atoms with Gasteiger partial charge in [-0.25, -0.2) is 4.79 Å². The van der Waals surface area contributed by atoms with Crippen LogP contribution in [-0.2, 0) is 14.3 Å². The molecule has 0 radical (unpaired) electrons. The highest BCUT2D eigenvalue weighted by atomic mass is 16.5. The molecule has 2 rings (SSSR count). The number of carbonyl (C=O) groups excluding carboxylic acids is 4. The quantitative estimate of drug-likeness (QED) is 0.347. The van der Waals surface area contributed by atoms with E-state index >= 15 is 0 Å². The van der Waals surface area contributed by atoms with Gasteiger partial charge in [-0.15, -0.1) is 0 Å². The molecule has 0 saturated heterocycles. The molecule has 2 aromatic carbocycles. The van der Waals surface area contributed by atoms with Crippen molar-refractivity contribution < 1.29 is 23.9 Å². The van der Waals surface area contributed by atoms with Gasteiger partial charge < -0.3 is 15.4 Å². The van der Waals surface area contributed by atoms with Crippen LogP contribution in [0, 0.1) is 0 Å². The van der Waals surface area contributed by atoms with E-state index in [4.69, 9.17) is 4.74 Å². The van der Waals surface area contributed by atoms with Crippen molar-refractivity contribution in [2.75, 3.05) is 17.2 Å². The van der Waals surface area contributed by atoms with Gasteiger partial charge in [0.05, 0.1) is 5.56 Å². The zero-order valence-electron chi connectivity index (χ0n) is 17.2. The minimum Gasteiger partial charge on any atom is -0.454 e. The molecule has 0 unspecified atom stereocenters. The zero-order valence-corrected chi connectivity index (χ0v) is 17.2. The number of benzene rings is 2. The van der Waals surface area contributed by atoms with Gasteiger partial charge in [0.2, 0.25) is 11.8 Å². The van der Waals surface area contributed by atoms with Crippen LogP contribution >= 0.6 is 0 Å². The Balaban J connectivity index is 1.86. The number of hydrogen-bond acceptors (Lipinski definition) is 5. The molecule has 0 aliphatic rings. The van der Waals surface area contributed by atoms with Crippen molar-refractivity contribution in [3.63, 3.8) is 0 Å². The van der Waals surface area contributed by atoms with Crippen LogP contribution in [0.2, 0.25) is 0 Å². The number of hydrogen-bond donors (Lipinski definition) is 2. The summed E-state index contributed by atoms with van der Waals surface area (Å²) in [5.74, 6) is -1.33. The summed E-state index contributed by atoms with van der Waals surface area (Å²) >= 11 is 0. The molecule has 0 fully saturated rings. The minimum absolute atomic E-state index is 0.0575. The third-order valence-electron chi connectivity index (χ3n) is 4.25. The van der Waals surface area contributed by atoms with Crippen molar-refractivity contribution in [2.24, 2.45) is 0 Å². The van der Waals surface area contributed by atoms with Crippen molar-refractivity contribution in [1.82, 2.24) is 0 Å². The van der Waals surface area contributed by atoms with E-state index in [-0.39, 0.29) is 23.2 Å². The number of amides is 2. The van der Waals surface area contributed by atoms with Gasteiger partial charge in [-0.1, -0.05) is 25.8 Å². The molecule has 2 aromatic rings. The van der Waals surface area contributed by atoms with Crippen LogP contribution in [0.15, 0.2) is 48.5 Å². The molecule has 0 saturated carbocycles. The number of unbranched alkanes of at least 4 members (excludes halogenated alkanes) is 2. The monoisotopic (exact) mass is 410 g/mol. The highest BCUT2D eigenvalue weighted by molar-refractivity contribution is 6.00. The largest absolute Gasteiger partial charge is 0.454 e. The molecule has 2 amide bonds. The first-order valence-electron chi connectivity index (χ1n) is 9.87. The summed E-state index contributed by atoms with van der Waals surface area (Å²) in [6.45, 7) is 3.03. The van der Waals surface area contributed by atoms with Gasteiger partial charge in [0.25, 0.3) is 0 Å². The molecule has 158 valence electrons.